The van der Waals surface area contributed by atoms with E-state index in [9.17, 15) is 9.59 Å². The van der Waals surface area contributed by atoms with Gasteiger partial charge < -0.3 is 15.3 Å². The predicted octanol–water partition coefficient (Wildman–Crippen LogP) is 3.56. The quantitative estimate of drug-likeness (QED) is 0.609. The maximum absolute atomic E-state index is 12.2. The normalized spacial score (nSPS) is 16.2. The van der Waals surface area contributed by atoms with Crippen molar-refractivity contribution in [3.63, 3.8) is 0 Å². The number of hydrogen-bond donors (Lipinski definition) is 2. The van der Waals surface area contributed by atoms with Gasteiger partial charge in [0.25, 0.3) is 0 Å². The second kappa shape index (κ2) is 9.28. The third kappa shape index (κ3) is 4.95. The van der Waals surface area contributed by atoms with Crippen LogP contribution in [0.15, 0.2) is 27.9 Å². The lowest BCUT2D eigenvalue weighted by molar-refractivity contribution is -0.128. The van der Waals surface area contributed by atoms with E-state index in [0.717, 1.165) is 12.1 Å². The highest BCUT2D eigenvalue weighted by Crippen LogP contribution is 2.26. The smallest absolute Gasteiger partial charge is 0.355 e. The molecule has 1 aromatic carbocycles. The third-order valence-electron chi connectivity index (χ3n) is 4.34. The Labute approximate surface area is 175 Å². The number of carbonyl (C=O) groups excluding carboxylic acids is 1. The summed E-state index contributed by atoms with van der Waals surface area (Å²) in [4.78, 5) is 29.0. The van der Waals surface area contributed by atoms with Crippen LogP contribution in [-0.4, -0.2) is 51.8 Å². The Morgan fingerprint density at radius 1 is 1.54 bits per heavy atom. The van der Waals surface area contributed by atoms with Gasteiger partial charge in [0.05, 0.1) is 10.6 Å². The van der Waals surface area contributed by atoms with Crippen molar-refractivity contribution in [1.82, 2.24) is 9.88 Å². The summed E-state index contributed by atoms with van der Waals surface area (Å²) in [5.41, 5.74) is 1.28. The molecule has 1 atom stereocenters. The van der Waals surface area contributed by atoms with Gasteiger partial charge in [-0.3, -0.25) is 4.79 Å². The number of halogens is 1. The van der Waals surface area contributed by atoms with Crippen molar-refractivity contribution in [1.29, 1.82) is 5.26 Å². The molecule has 1 aliphatic heterocycles. The number of carboxylic acid groups (broad SMARTS) is 1. The van der Waals surface area contributed by atoms with Gasteiger partial charge in [-0.25, -0.2) is 9.78 Å². The van der Waals surface area contributed by atoms with Crippen molar-refractivity contribution in [2.24, 2.45) is 0 Å². The van der Waals surface area contributed by atoms with E-state index < -0.39 is 5.97 Å². The van der Waals surface area contributed by atoms with E-state index in [1.54, 1.807) is 18.2 Å². The first-order valence-electron chi connectivity index (χ1n) is 8.52. The summed E-state index contributed by atoms with van der Waals surface area (Å²) in [6.45, 7) is 1.17. The molecule has 3 rings (SSSR count). The number of carbonyl (C=O) groups is 2. The SMILES string of the molecule is N#Cc1ccc(NCC2CCC(=O)N2CCSc2nc(C(=O)O)cs2)cc1Cl. The Hall–Kier alpha value is -2.28. The lowest BCUT2D eigenvalue weighted by Gasteiger charge is -2.25. The molecule has 2 aromatic rings. The molecule has 7 nitrogen and oxygen atoms in total. The zero-order chi connectivity index (χ0) is 20.1. The van der Waals surface area contributed by atoms with Gasteiger partial charge in [0.15, 0.2) is 10.0 Å². The monoisotopic (exact) mass is 436 g/mol. The van der Waals surface area contributed by atoms with Gasteiger partial charge in [-0.15, -0.1) is 11.3 Å². The van der Waals surface area contributed by atoms with Gasteiger partial charge in [-0.1, -0.05) is 23.4 Å². The third-order valence-corrected chi connectivity index (χ3v) is 6.66. The minimum atomic E-state index is -1.04. The van der Waals surface area contributed by atoms with Gasteiger partial charge in [0.1, 0.15) is 6.07 Å². The van der Waals surface area contributed by atoms with Gasteiger partial charge in [-0.2, -0.15) is 5.26 Å². The van der Waals surface area contributed by atoms with Gasteiger partial charge in [0.2, 0.25) is 5.91 Å². The van der Waals surface area contributed by atoms with Crippen LogP contribution < -0.4 is 5.32 Å². The zero-order valence-electron chi connectivity index (χ0n) is 14.7. The number of hydrogen-bond acceptors (Lipinski definition) is 7. The topological polar surface area (TPSA) is 106 Å². The molecule has 1 aromatic heterocycles. The summed E-state index contributed by atoms with van der Waals surface area (Å²) >= 11 is 8.80. The number of nitrogens with one attached hydrogen (secondary N) is 1. The molecular weight excluding hydrogens is 420 g/mol. The zero-order valence-corrected chi connectivity index (χ0v) is 17.1. The van der Waals surface area contributed by atoms with Crippen molar-refractivity contribution in [3.05, 3.63) is 39.9 Å². The summed E-state index contributed by atoms with van der Waals surface area (Å²) in [6, 6.07) is 7.27. The second-order valence-electron chi connectivity index (χ2n) is 6.12. The van der Waals surface area contributed by atoms with Crippen LogP contribution in [0.25, 0.3) is 0 Å². The highest BCUT2D eigenvalue weighted by atomic mass is 35.5. The highest BCUT2D eigenvalue weighted by Gasteiger charge is 2.30. The number of benzene rings is 1. The average molecular weight is 437 g/mol. The fraction of sp³-hybridized carbons (Fsp3) is 0.333. The van der Waals surface area contributed by atoms with E-state index in [-0.39, 0.29) is 17.6 Å². The summed E-state index contributed by atoms with van der Waals surface area (Å²) in [5.74, 6) is -0.264. The van der Waals surface area contributed by atoms with E-state index in [4.69, 9.17) is 22.0 Å². The van der Waals surface area contributed by atoms with Crippen molar-refractivity contribution in [2.45, 2.75) is 23.2 Å². The molecule has 0 aliphatic carbocycles. The number of aromatic carboxylic acids is 1. The van der Waals surface area contributed by atoms with Crippen LogP contribution in [0.5, 0.6) is 0 Å². The molecule has 2 heterocycles. The summed E-state index contributed by atoms with van der Waals surface area (Å²) in [6.07, 6.45) is 1.30. The number of likely N-dealkylation sites (tertiary alicyclic amines) is 1. The van der Waals surface area contributed by atoms with Gasteiger partial charge in [0, 0.05) is 42.4 Å². The number of thioether (sulfide) groups is 1. The van der Waals surface area contributed by atoms with Crippen molar-refractivity contribution in [2.75, 3.05) is 24.2 Å². The molecule has 1 aliphatic rings. The van der Waals surface area contributed by atoms with Crippen LogP contribution in [0, 0.1) is 11.3 Å². The molecule has 2 N–H and O–H groups in total. The second-order valence-corrected chi connectivity index (χ2v) is 8.73. The van der Waals surface area contributed by atoms with E-state index >= 15 is 0 Å². The summed E-state index contributed by atoms with van der Waals surface area (Å²) in [7, 11) is 0. The van der Waals surface area contributed by atoms with E-state index in [0.29, 0.717) is 40.2 Å². The first-order valence-corrected chi connectivity index (χ1v) is 10.8. The molecule has 0 saturated carbocycles. The lowest BCUT2D eigenvalue weighted by Crippen LogP contribution is -2.39. The van der Waals surface area contributed by atoms with Crippen LogP contribution in [-0.2, 0) is 4.79 Å². The van der Waals surface area contributed by atoms with E-state index in [2.05, 4.69) is 10.3 Å². The Morgan fingerprint density at radius 2 is 2.36 bits per heavy atom. The number of anilines is 1. The van der Waals surface area contributed by atoms with E-state index in [1.807, 2.05) is 11.0 Å². The molecule has 1 amide bonds. The Kier molecular flexibility index (Phi) is 6.78. The van der Waals surface area contributed by atoms with Crippen LogP contribution in [0.3, 0.4) is 0 Å². The molecule has 0 bridgehead atoms. The number of rotatable bonds is 8. The summed E-state index contributed by atoms with van der Waals surface area (Å²) in [5, 5.41) is 23.0. The van der Waals surface area contributed by atoms with Gasteiger partial charge in [-0.05, 0) is 24.6 Å². The predicted molar refractivity (Wildman–Crippen MR) is 109 cm³/mol. The van der Waals surface area contributed by atoms with Crippen LogP contribution in [0.4, 0.5) is 5.69 Å². The highest BCUT2D eigenvalue weighted by molar-refractivity contribution is 8.01. The Morgan fingerprint density at radius 3 is 3.04 bits per heavy atom. The first-order chi connectivity index (χ1) is 13.5. The Balaban J connectivity index is 1.52. The first kappa shape index (κ1) is 20.5. The minimum absolute atomic E-state index is 0.0490. The van der Waals surface area contributed by atoms with Crippen molar-refractivity contribution in [3.8, 4) is 6.07 Å². The number of nitriles is 1. The van der Waals surface area contributed by atoms with Crippen LogP contribution >= 0.6 is 34.7 Å². The maximum Gasteiger partial charge on any atom is 0.355 e. The fourth-order valence-electron chi connectivity index (χ4n) is 2.92. The Bertz CT molecular complexity index is 928. The van der Waals surface area contributed by atoms with Crippen molar-refractivity contribution >= 4 is 52.3 Å². The van der Waals surface area contributed by atoms with Crippen LogP contribution in [0.2, 0.25) is 5.02 Å². The molecule has 0 spiro atoms. The largest absolute Gasteiger partial charge is 0.476 e. The number of carboxylic acids is 1. The molecule has 1 unspecified atom stereocenters. The number of thiazole rings is 1. The standard InChI is InChI=1S/C18H17ClN4O3S2/c19-14-7-12(2-1-11(14)8-20)21-9-13-3-4-16(24)23(13)5-6-27-18-22-15(10-28-18)17(25)26/h1-2,7,10,13,21H,3-6,9H2,(H,25,26). The molecule has 0 radical (unpaired) electrons. The number of nitrogens with zero attached hydrogens (tertiary/aromatic N) is 3. The fourth-order valence-corrected chi connectivity index (χ4v) is 4.95. The lowest BCUT2D eigenvalue weighted by atomic mass is 10.2. The molecule has 10 heteroatoms. The van der Waals surface area contributed by atoms with Gasteiger partial charge >= 0.3 is 5.97 Å². The summed E-state index contributed by atoms with van der Waals surface area (Å²) < 4.78 is 0.686. The van der Waals surface area contributed by atoms with Crippen molar-refractivity contribution < 1.29 is 14.7 Å². The molecule has 28 heavy (non-hydrogen) atoms. The van der Waals surface area contributed by atoms with Crippen LogP contribution in [0.1, 0.15) is 28.9 Å². The van der Waals surface area contributed by atoms with E-state index in [1.165, 1.54) is 28.5 Å². The molecule has 146 valence electrons. The number of aromatic nitrogens is 1. The minimum Gasteiger partial charge on any atom is -0.476 e. The maximum atomic E-state index is 12.2. The molecule has 1 saturated heterocycles. The molecular formula is C18H17ClN4O3S2. The molecule has 1 fully saturated rings. The number of amides is 1. The average Bonchev–Trinajstić information content (AvgIpc) is 3.28.